The van der Waals surface area contributed by atoms with Crippen molar-refractivity contribution in [1.29, 1.82) is 0 Å². The van der Waals surface area contributed by atoms with Gasteiger partial charge in [0.15, 0.2) is 0 Å². The van der Waals surface area contributed by atoms with Gasteiger partial charge in [-0.05, 0) is 56.9 Å². The number of nitrogens with zero attached hydrogens (tertiary/aromatic N) is 5. The summed E-state index contributed by atoms with van der Waals surface area (Å²) in [4.78, 5) is 26.3. The quantitative estimate of drug-likeness (QED) is 0.807. The van der Waals surface area contributed by atoms with Gasteiger partial charge in [-0.25, -0.2) is 4.98 Å². The molecule has 7 nitrogen and oxygen atoms in total. The molecule has 0 radical (unpaired) electrons. The number of imidazole rings is 1. The first kappa shape index (κ1) is 20.0. The fourth-order valence-electron chi connectivity index (χ4n) is 4.62. The lowest BCUT2D eigenvalue weighted by atomic mass is 9.93. The maximum atomic E-state index is 12.7. The molecule has 0 spiro atoms. The van der Waals surface area contributed by atoms with Crippen molar-refractivity contribution in [1.82, 2.24) is 29.7 Å². The van der Waals surface area contributed by atoms with Gasteiger partial charge in [0.25, 0.3) is 0 Å². The van der Waals surface area contributed by atoms with E-state index in [-0.39, 0.29) is 11.8 Å². The van der Waals surface area contributed by atoms with Gasteiger partial charge in [0, 0.05) is 51.0 Å². The summed E-state index contributed by atoms with van der Waals surface area (Å²) in [6, 6.07) is 4.76. The Morgan fingerprint density at radius 3 is 2.79 bits per heavy atom. The summed E-state index contributed by atoms with van der Waals surface area (Å²) in [6.07, 6.45) is 11.9. The van der Waals surface area contributed by atoms with Crippen molar-refractivity contribution in [2.45, 2.75) is 44.8 Å². The van der Waals surface area contributed by atoms with Crippen molar-refractivity contribution >= 4 is 5.91 Å². The van der Waals surface area contributed by atoms with Gasteiger partial charge >= 0.3 is 0 Å². The van der Waals surface area contributed by atoms with Crippen molar-refractivity contribution in [2.75, 3.05) is 26.2 Å². The fraction of sp³-hybridized carbons (Fsp3) is 0.591. The normalized spacial score (nSPS) is 21.9. The summed E-state index contributed by atoms with van der Waals surface area (Å²) in [7, 11) is 1.96. The second kappa shape index (κ2) is 9.50. The number of amides is 1. The Morgan fingerprint density at radius 1 is 1.21 bits per heavy atom. The third kappa shape index (κ3) is 5.22. The SMILES string of the molecule is Cn1ccnc1CNC(=O)[C@H]1CCCN(C2CCN(Cc3cccnc3)CC2)C1. The lowest BCUT2D eigenvalue weighted by Gasteiger charge is -2.42. The summed E-state index contributed by atoms with van der Waals surface area (Å²) < 4.78 is 1.95. The molecule has 2 aliphatic rings. The Labute approximate surface area is 173 Å². The molecule has 0 aliphatic carbocycles. The number of hydrogen-bond acceptors (Lipinski definition) is 5. The number of hydrogen-bond donors (Lipinski definition) is 1. The highest BCUT2D eigenvalue weighted by atomic mass is 16.1. The number of aromatic nitrogens is 3. The van der Waals surface area contributed by atoms with E-state index in [1.54, 1.807) is 6.20 Å². The number of carbonyl (C=O) groups is 1. The van der Waals surface area contributed by atoms with E-state index in [1.165, 1.54) is 18.4 Å². The number of rotatable bonds is 6. The zero-order valence-corrected chi connectivity index (χ0v) is 17.3. The van der Waals surface area contributed by atoms with Gasteiger partial charge in [0.1, 0.15) is 5.82 Å². The molecule has 156 valence electrons. The predicted octanol–water partition coefficient (Wildman–Crippen LogP) is 1.81. The summed E-state index contributed by atoms with van der Waals surface area (Å²) >= 11 is 0. The van der Waals surface area contributed by atoms with Crippen LogP contribution >= 0.6 is 0 Å². The van der Waals surface area contributed by atoms with Gasteiger partial charge in [-0.15, -0.1) is 0 Å². The molecule has 1 N–H and O–H groups in total. The molecule has 2 aromatic rings. The van der Waals surface area contributed by atoms with Crippen LogP contribution in [0.2, 0.25) is 0 Å². The second-order valence-electron chi connectivity index (χ2n) is 8.37. The van der Waals surface area contributed by atoms with Gasteiger partial charge in [-0.2, -0.15) is 0 Å². The van der Waals surface area contributed by atoms with Crippen molar-refractivity contribution in [2.24, 2.45) is 13.0 Å². The summed E-state index contributed by atoms with van der Waals surface area (Å²) in [5.41, 5.74) is 1.29. The summed E-state index contributed by atoms with van der Waals surface area (Å²) in [6.45, 7) is 5.73. The number of pyridine rings is 1. The molecule has 0 unspecified atom stereocenters. The molecule has 2 aromatic heterocycles. The Morgan fingerprint density at radius 2 is 2.07 bits per heavy atom. The van der Waals surface area contributed by atoms with E-state index >= 15 is 0 Å². The number of piperidine rings is 2. The molecule has 2 fully saturated rings. The van der Waals surface area contributed by atoms with E-state index in [4.69, 9.17) is 0 Å². The molecule has 0 bridgehead atoms. The third-order valence-corrected chi connectivity index (χ3v) is 6.37. The molecule has 4 heterocycles. The Bertz CT molecular complexity index is 784. The zero-order valence-electron chi connectivity index (χ0n) is 17.3. The van der Waals surface area contributed by atoms with E-state index in [0.29, 0.717) is 12.6 Å². The first-order chi connectivity index (χ1) is 14.2. The average molecular weight is 397 g/mol. The molecule has 1 atom stereocenters. The minimum absolute atomic E-state index is 0.0949. The largest absolute Gasteiger partial charge is 0.349 e. The number of nitrogens with one attached hydrogen (secondary N) is 1. The molecule has 29 heavy (non-hydrogen) atoms. The highest BCUT2D eigenvalue weighted by Crippen LogP contribution is 2.24. The maximum Gasteiger partial charge on any atom is 0.224 e. The van der Waals surface area contributed by atoms with Crippen LogP contribution in [0.3, 0.4) is 0 Å². The summed E-state index contributed by atoms with van der Waals surface area (Å²) in [5.74, 6) is 1.16. The summed E-state index contributed by atoms with van der Waals surface area (Å²) in [5, 5.41) is 3.09. The first-order valence-corrected chi connectivity index (χ1v) is 10.8. The lowest BCUT2D eigenvalue weighted by Crippen LogP contribution is -2.50. The molecule has 4 rings (SSSR count). The zero-order chi connectivity index (χ0) is 20.1. The molecule has 1 amide bonds. The van der Waals surface area contributed by atoms with Crippen LogP contribution in [-0.2, 0) is 24.9 Å². The van der Waals surface area contributed by atoms with Crippen LogP contribution in [0.1, 0.15) is 37.1 Å². The van der Waals surface area contributed by atoms with E-state index in [9.17, 15) is 4.79 Å². The maximum absolute atomic E-state index is 12.7. The van der Waals surface area contributed by atoms with Crippen LogP contribution in [0.5, 0.6) is 0 Å². The van der Waals surface area contributed by atoms with Gasteiger partial charge in [-0.1, -0.05) is 6.07 Å². The second-order valence-corrected chi connectivity index (χ2v) is 8.37. The van der Waals surface area contributed by atoms with E-state index in [2.05, 4.69) is 31.2 Å². The highest BCUT2D eigenvalue weighted by molar-refractivity contribution is 5.78. The van der Waals surface area contributed by atoms with Crippen LogP contribution in [0.25, 0.3) is 0 Å². The van der Waals surface area contributed by atoms with Gasteiger partial charge in [-0.3, -0.25) is 19.6 Å². The standard InChI is InChI=1S/C22H32N6O/c1-26-13-9-24-21(26)15-25-22(29)19-5-3-10-28(17-19)20-6-11-27(12-7-20)16-18-4-2-8-23-14-18/h2,4,8-9,13-14,19-20H,3,5-7,10-12,15-17H2,1H3,(H,25,29)/t19-/m0/s1. The molecule has 0 aromatic carbocycles. The van der Waals surface area contributed by atoms with Gasteiger partial charge in [0.05, 0.1) is 12.5 Å². The molecule has 0 saturated carbocycles. The van der Waals surface area contributed by atoms with Crippen LogP contribution in [0.15, 0.2) is 36.9 Å². The number of aryl methyl sites for hydroxylation is 1. The van der Waals surface area contributed by atoms with Crippen LogP contribution < -0.4 is 5.32 Å². The molecular weight excluding hydrogens is 364 g/mol. The van der Waals surface area contributed by atoms with Gasteiger partial charge in [0.2, 0.25) is 5.91 Å². The molecule has 2 saturated heterocycles. The molecule has 7 heteroatoms. The van der Waals surface area contributed by atoms with E-state index < -0.39 is 0 Å². The highest BCUT2D eigenvalue weighted by Gasteiger charge is 2.31. The first-order valence-electron chi connectivity index (χ1n) is 10.8. The topological polar surface area (TPSA) is 66.3 Å². The van der Waals surface area contributed by atoms with Crippen molar-refractivity contribution in [3.05, 3.63) is 48.3 Å². The Kier molecular flexibility index (Phi) is 6.56. The van der Waals surface area contributed by atoms with Crippen LogP contribution in [0.4, 0.5) is 0 Å². The predicted molar refractivity (Wildman–Crippen MR) is 112 cm³/mol. The van der Waals surface area contributed by atoms with Crippen molar-refractivity contribution < 1.29 is 4.79 Å². The average Bonchev–Trinajstić information content (AvgIpc) is 3.18. The fourth-order valence-corrected chi connectivity index (χ4v) is 4.62. The lowest BCUT2D eigenvalue weighted by molar-refractivity contribution is -0.127. The van der Waals surface area contributed by atoms with Crippen LogP contribution in [0, 0.1) is 5.92 Å². The monoisotopic (exact) mass is 396 g/mol. The van der Waals surface area contributed by atoms with E-state index in [0.717, 1.165) is 51.4 Å². The molecular formula is C22H32N6O. The number of likely N-dealkylation sites (tertiary alicyclic amines) is 2. The minimum atomic E-state index is 0.0949. The van der Waals surface area contributed by atoms with Crippen LogP contribution in [-0.4, -0.2) is 62.5 Å². The van der Waals surface area contributed by atoms with Gasteiger partial charge < -0.3 is 9.88 Å². The minimum Gasteiger partial charge on any atom is -0.349 e. The van der Waals surface area contributed by atoms with E-state index in [1.807, 2.05) is 36.3 Å². The third-order valence-electron chi connectivity index (χ3n) is 6.37. The number of carbonyl (C=O) groups excluding carboxylic acids is 1. The Hall–Kier alpha value is -2.25. The smallest absolute Gasteiger partial charge is 0.224 e. The molecule has 2 aliphatic heterocycles. The Balaban J connectivity index is 1.23. The van der Waals surface area contributed by atoms with Crippen molar-refractivity contribution in [3.63, 3.8) is 0 Å². The van der Waals surface area contributed by atoms with Crippen molar-refractivity contribution in [3.8, 4) is 0 Å².